The van der Waals surface area contributed by atoms with Gasteiger partial charge in [-0.25, -0.2) is 14.5 Å². The summed E-state index contributed by atoms with van der Waals surface area (Å²) in [6.45, 7) is 6.72. The number of carbonyl (C=O) groups is 3. The highest BCUT2D eigenvalue weighted by atomic mass is 16.6. The molecule has 1 unspecified atom stereocenters. The van der Waals surface area contributed by atoms with Crippen molar-refractivity contribution in [1.29, 1.82) is 0 Å². The monoisotopic (exact) mass is 299 g/mol. The second kappa shape index (κ2) is 4.69. The summed E-state index contributed by atoms with van der Waals surface area (Å²) in [5.41, 5.74) is -3.67. The lowest BCUT2D eigenvalue weighted by molar-refractivity contribution is -0.153. The molecule has 1 spiro atoms. The molecule has 118 valence electrons. The predicted octanol–water partition coefficient (Wildman–Crippen LogP) is 1.55. The number of hydrogen-bond donors (Lipinski definition) is 1. The van der Waals surface area contributed by atoms with Gasteiger partial charge >= 0.3 is 12.1 Å². The number of carboxylic acids is 1. The Morgan fingerprint density at radius 1 is 1.38 bits per heavy atom. The van der Waals surface area contributed by atoms with Gasteiger partial charge in [-0.05, 0) is 40.5 Å². The van der Waals surface area contributed by atoms with Gasteiger partial charge in [-0.3, -0.25) is 4.79 Å². The van der Waals surface area contributed by atoms with Crippen LogP contribution in [0.3, 0.4) is 0 Å². The van der Waals surface area contributed by atoms with Crippen molar-refractivity contribution in [2.75, 3.05) is 6.61 Å². The zero-order valence-electron chi connectivity index (χ0n) is 12.8. The van der Waals surface area contributed by atoms with Crippen molar-refractivity contribution in [2.24, 2.45) is 0 Å². The summed E-state index contributed by atoms with van der Waals surface area (Å²) in [5, 5.41) is 9.49. The van der Waals surface area contributed by atoms with Crippen LogP contribution in [0.4, 0.5) is 4.79 Å². The predicted molar refractivity (Wildman–Crippen MR) is 71.7 cm³/mol. The molecular weight excluding hydrogens is 278 g/mol. The lowest BCUT2D eigenvalue weighted by Gasteiger charge is -2.31. The lowest BCUT2D eigenvalue weighted by atomic mass is 9.89. The van der Waals surface area contributed by atoms with E-state index in [2.05, 4.69) is 0 Å². The van der Waals surface area contributed by atoms with E-state index in [4.69, 9.17) is 9.47 Å². The van der Waals surface area contributed by atoms with Gasteiger partial charge in [0.2, 0.25) is 0 Å². The van der Waals surface area contributed by atoms with Gasteiger partial charge in [0.05, 0.1) is 0 Å². The molecule has 2 rings (SSSR count). The van der Waals surface area contributed by atoms with Crippen LogP contribution in [0.5, 0.6) is 0 Å². The second-order valence-corrected chi connectivity index (χ2v) is 6.82. The van der Waals surface area contributed by atoms with Crippen molar-refractivity contribution in [3.8, 4) is 0 Å². The van der Waals surface area contributed by atoms with E-state index in [1.54, 1.807) is 20.8 Å². The van der Waals surface area contributed by atoms with E-state index in [0.29, 0.717) is 24.3 Å². The SMILES string of the molecule is CC(C)(C)OC(=O)N1C(=O)[C@]2(CCCO2)CC1(C)C(=O)O. The number of carboxylic acid groups (broad SMARTS) is 1. The molecule has 0 aromatic carbocycles. The third-order valence-electron chi connectivity index (χ3n) is 3.86. The number of aliphatic carboxylic acids is 1. The van der Waals surface area contributed by atoms with Crippen molar-refractivity contribution in [1.82, 2.24) is 4.90 Å². The zero-order chi connectivity index (χ0) is 16.1. The normalized spacial score (nSPS) is 32.8. The molecule has 7 nitrogen and oxygen atoms in total. The van der Waals surface area contributed by atoms with Gasteiger partial charge in [-0.2, -0.15) is 0 Å². The number of hydrogen-bond acceptors (Lipinski definition) is 5. The zero-order valence-corrected chi connectivity index (χ0v) is 12.8. The third-order valence-corrected chi connectivity index (χ3v) is 3.86. The Kier molecular flexibility index (Phi) is 3.52. The molecule has 0 aliphatic carbocycles. The van der Waals surface area contributed by atoms with Gasteiger partial charge < -0.3 is 14.6 Å². The van der Waals surface area contributed by atoms with Crippen LogP contribution in [0.25, 0.3) is 0 Å². The number of amides is 2. The van der Waals surface area contributed by atoms with Crippen LogP contribution in [0.15, 0.2) is 0 Å². The Balaban J connectivity index is 2.38. The number of nitrogens with zero attached hydrogens (tertiary/aromatic N) is 1. The van der Waals surface area contributed by atoms with Crippen LogP contribution in [0, 0.1) is 0 Å². The fraction of sp³-hybridized carbons (Fsp3) is 0.786. The topological polar surface area (TPSA) is 93.1 Å². The first kappa shape index (κ1) is 15.8. The Bertz CT molecular complexity index is 488. The number of imide groups is 1. The summed E-state index contributed by atoms with van der Waals surface area (Å²) in [5.74, 6) is -1.85. The van der Waals surface area contributed by atoms with Crippen LogP contribution >= 0.6 is 0 Å². The molecule has 2 saturated heterocycles. The smallest absolute Gasteiger partial charge is 0.418 e. The van der Waals surface area contributed by atoms with E-state index in [1.807, 2.05) is 0 Å². The molecule has 0 saturated carbocycles. The molecule has 0 bridgehead atoms. The van der Waals surface area contributed by atoms with Crippen molar-refractivity contribution < 1.29 is 29.0 Å². The van der Waals surface area contributed by atoms with Gasteiger partial charge in [0.15, 0.2) is 5.54 Å². The molecular formula is C14H21NO6. The first-order valence-electron chi connectivity index (χ1n) is 6.97. The Morgan fingerprint density at radius 3 is 2.43 bits per heavy atom. The summed E-state index contributed by atoms with van der Waals surface area (Å²) in [7, 11) is 0. The average molecular weight is 299 g/mol. The van der Waals surface area contributed by atoms with Gasteiger partial charge in [0.25, 0.3) is 5.91 Å². The lowest BCUT2D eigenvalue weighted by Crippen LogP contribution is -2.54. The minimum Gasteiger partial charge on any atom is -0.479 e. The van der Waals surface area contributed by atoms with Crippen molar-refractivity contribution in [2.45, 2.75) is 63.7 Å². The van der Waals surface area contributed by atoms with Gasteiger partial charge in [0.1, 0.15) is 11.2 Å². The molecule has 0 aromatic heterocycles. The molecule has 2 heterocycles. The summed E-state index contributed by atoms with van der Waals surface area (Å²) >= 11 is 0. The highest BCUT2D eigenvalue weighted by Crippen LogP contribution is 2.45. The fourth-order valence-corrected chi connectivity index (χ4v) is 2.91. The van der Waals surface area contributed by atoms with Crippen molar-refractivity contribution in [3.05, 3.63) is 0 Å². The maximum Gasteiger partial charge on any atom is 0.418 e. The van der Waals surface area contributed by atoms with E-state index < -0.39 is 34.7 Å². The quantitative estimate of drug-likeness (QED) is 0.789. The van der Waals surface area contributed by atoms with Crippen LogP contribution in [0.2, 0.25) is 0 Å². The molecule has 2 atom stereocenters. The largest absolute Gasteiger partial charge is 0.479 e. The van der Waals surface area contributed by atoms with Crippen LogP contribution in [-0.2, 0) is 19.1 Å². The molecule has 2 fully saturated rings. The van der Waals surface area contributed by atoms with Gasteiger partial charge in [0, 0.05) is 13.0 Å². The molecule has 0 aromatic rings. The van der Waals surface area contributed by atoms with E-state index in [0.717, 1.165) is 0 Å². The third kappa shape index (κ3) is 2.50. The van der Waals surface area contributed by atoms with Crippen molar-refractivity contribution >= 4 is 18.0 Å². The maximum absolute atomic E-state index is 12.6. The van der Waals surface area contributed by atoms with E-state index in [1.165, 1.54) is 6.92 Å². The number of likely N-dealkylation sites (tertiary alicyclic amines) is 1. The summed E-state index contributed by atoms with van der Waals surface area (Å²) in [6, 6.07) is 0. The molecule has 21 heavy (non-hydrogen) atoms. The average Bonchev–Trinajstić information content (AvgIpc) is 2.83. The van der Waals surface area contributed by atoms with Gasteiger partial charge in [-0.15, -0.1) is 0 Å². The van der Waals surface area contributed by atoms with Crippen LogP contribution < -0.4 is 0 Å². The molecule has 1 N–H and O–H groups in total. The fourth-order valence-electron chi connectivity index (χ4n) is 2.91. The summed E-state index contributed by atoms with van der Waals surface area (Å²) in [6.07, 6.45) is 0.107. The molecule has 2 aliphatic rings. The minimum absolute atomic E-state index is 0.0482. The Morgan fingerprint density at radius 2 is 2.00 bits per heavy atom. The van der Waals surface area contributed by atoms with Crippen LogP contribution in [-0.4, -0.2) is 51.3 Å². The summed E-state index contributed by atoms with van der Waals surface area (Å²) in [4.78, 5) is 37.3. The highest BCUT2D eigenvalue weighted by molar-refractivity contribution is 6.05. The molecule has 0 radical (unpaired) electrons. The van der Waals surface area contributed by atoms with E-state index in [9.17, 15) is 19.5 Å². The highest BCUT2D eigenvalue weighted by Gasteiger charge is 2.65. The van der Waals surface area contributed by atoms with E-state index in [-0.39, 0.29) is 6.42 Å². The first-order chi connectivity index (χ1) is 9.52. The number of rotatable bonds is 1. The van der Waals surface area contributed by atoms with Crippen LogP contribution in [0.1, 0.15) is 47.0 Å². The Labute approximate surface area is 123 Å². The number of carbonyl (C=O) groups excluding carboxylic acids is 2. The van der Waals surface area contributed by atoms with Crippen molar-refractivity contribution in [3.63, 3.8) is 0 Å². The Hall–Kier alpha value is -1.63. The van der Waals surface area contributed by atoms with E-state index >= 15 is 0 Å². The standard InChI is InChI=1S/C14H21NO6/c1-12(2,3)21-11(19)15-9(16)14(6-5-7-20-14)8-13(15,4)10(17)18/h5-8H2,1-4H3,(H,17,18)/t13?,14-/m0/s1. The maximum atomic E-state index is 12.6. The summed E-state index contributed by atoms with van der Waals surface area (Å²) < 4.78 is 10.7. The molecule has 2 amide bonds. The van der Waals surface area contributed by atoms with Gasteiger partial charge in [-0.1, -0.05) is 0 Å². The molecule has 7 heteroatoms. The second-order valence-electron chi connectivity index (χ2n) is 6.82. The molecule has 2 aliphatic heterocycles. The number of ether oxygens (including phenoxy) is 2. The first-order valence-corrected chi connectivity index (χ1v) is 6.97. The minimum atomic E-state index is -1.65.